The van der Waals surface area contributed by atoms with Gasteiger partial charge in [0.05, 0.1) is 90.8 Å². The SMILES string of the molecule is [B][P@@]1(=O)OCC23COC(C(n4cnc5c(N)ncnc54)O2)C3OP(=O)(O)OCC2OC(n3cnc4c(=O)[nH]c(C)nc43)C(O1)C2O.[B][P@@]1(=O)OCC23COC(C(n4cnc5c(N)ncnc54)O2)C3OP(O)(=S)OCC2OC(n3cnc4c(=O)[nH]c(C)nc43)C(O1)C2O.[B][P@]1(=O)OCC2OC(n3cnc4c(N)ncnc43)C(F)C2OP(=O)(O)OCC2OC(n3cnc4c(=O)[nH]c(C)nc43)C(O1)C2OC. The van der Waals surface area contributed by atoms with E-state index in [9.17, 15) is 62.1 Å². The zero-order valence-corrected chi connectivity index (χ0v) is 77.1. The highest BCUT2D eigenvalue weighted by atomic mass is 32.5. The molecule has 11 aliphatic rings. The molecule has 0 saturated carbocycles. The van der Waals surface area contributed by atoms with Gasteiger partial charge in [0.15, 0.2) is 111 Å². The Bertz CT molecular complexity index is 7080. The molecule has 11 saturated heterocycles. The van der Waals surface area contributed by atoms with Crippen molar-refractivity contribution in [3.8, 4) is 0 Å². The molecule has 6 radical (unpaired) electrons. The van der Waals surface area contributed by atoms with Crippen LogP contribution < -0.4 is 33.9 Å². The maximum atomic E-state index is 16.0. The number of aromatic amines is 3. The molecule has 0 spiro atoms. The Kier molecular flexibility index (Phi) is 24.3. The summed E-state index contributed by atoms with van der Waals surface area (Å²) >= 11 is 5.35. The molecule has 61 nitrogen and oxygen atoms in total. The maximum Gasteiger partial charge on any atom is 0.472 e. The third kappa shape index (κ3) is 17.1. The number of ether oxygens (including phenoxy) is 9. The number of aromatic nitrogens is 24. The summed E-state index contributed by atoms with van der Waals surface area (Å²) in [5.74, 6) is 1.09. The van der Waals surface area contributed by atoms with Crippen LogP contribution in [0.5, 0.6) is 0 Å². The van der Waals surface area contributed by atoms with E-state index in [1.807, 2.05) is 0 Å². The van der Waals surface area contributed by atoms with E-state index in [1.54, 1.807) is 25.3 Å². The molecular formula is C66H73B3FN27O34P6S. The number of nitrogens with zero attached hydrogens (tertiary/aromatic N) is 21. The fraction of sp³-hybridized carbons (Fsp3) is 0.545. The van der Waals surface area contributed by atoms with Crippen LogP contribution >= 0.6 is 44.8 Å². The predicted octanol–water partition coefficient (Wildman–Crippen LogP) is -1.75. The number of halogens is 1. The first-order chi connectivity index (χ1) is 65.5. The molecule has 30 atom stereocenters. The number of nitrogen functional groups attached to an aromatic ring is 3. The van der Waals surface area contributed by atoms with Crippen molar-refractivity contribution in [2.75, 3.05) is 77.2 Å². The lowest BCUT2D eigenvalue weighted by molar-refractivity contribution is -0.183. The Labute approximate surface area is 776 Å². The van der Waals surface area contributed by atoms with Crippen LogP contribution in [0.2, 0.25) is 0 Å². The molecule has 27 unspecified atom stereocenters. The lowest BCUT2D eigenvalue weighted by atomic mass is 10.0. The van der Waals surface area contributed by atoms with Gasteiger partial charge in [0.25, 0.3) is 39.1 Å². The monoisotopic (exact) mass is 2060 g/mol. The van der Waals surface area contributed by atoms with E-state index in [0.29, 0.717) is 11.2 Å². The molecule has 728 valence electrons. The van der Waals surface area contributed by atoms with Crippen molar-refractivity contribution in [3.63, 3.8) is 0 Å². The number of nitrogens with two attached hydrogens (primary N) is 3. The van der Waals surface area contributed by atoms with Crippen molar-refractivity contribution in [3.05, 3.63) is 105 Å². The van der Waals surface area contributed by atoms with E-state index in [2.05, 4.69) is 89.7 Å². The second-order valence-electron chi connectivity index (χ2n) is 32.8. The number of aliphatic hydroxyl groups excluding tert-OH is 2. The van der Waals surface area contributed by atoms with Crippen LogP contribution in [0.4, 0.5) is 21.8 Å². The third-order valence-corrected chi connectivity index (χ3v) is 30.6. The molecule has 10 bridgehead atoms. The minimum absolute atomic E-state index is 0.0170. The van der Waals surface area contributed by atoms with Gasteiger partial charge in [-0.05, 0) is 32.6 Å². The van der Waals surface area contributed by atoms with Gasteiger partial charge in [-0.1, -0.05) is 0 Å². The number of hydrogen-bond donors (Lipinski definition) is 11. The number of nitrogens with one attached hydrogen (secondary N) is 3. The highest BCUT2D eigenvalue weighted by Gasteiger charge is 2.68. The van der Waals surface area contributed by atoms with E-state index in [-0.39, 0.29) is 104 Å². The van der Waals surface area contributed by atoms with Crippen molar-refractivity contribution in [1.82, 2.24) is 117 Å². The van der Waals surface area contributed by atoms with Crippen molar-refractivity contribution >= 4 is 164 Å². The summed E-state index contributed by atoms with van der Waals surface area (Å²) in [6, 6.07) is 0. The number of H-pyrrole nitrogens is 3. The average Bonchev–Trinajstić information content (AvgIpc) is 1.55. The van der Waals surface area contributed by atoms with Crippen LogP contribution in [0.3, 0.4) is 0 Å². The summed E-state index contributed by atoms with van der Waals surface area (Å²) in [7, 11) is -4.28. The molecule has 0 aromatic carbocycles. The number of phosphoric ester groups is 2. The van der Waals surface area contributed by atoms with Crippen LogP contribution in [0.15, 0.2) is 71.3 Å². The summed E-state index contributed by atoms with van der Waals surface area (Å²) in [6.07, 6.45) is -18.2. The van der Waals surface area contributed by atoms with Gasteiger partial charge in [-0.3, -0.25) is 78.1 Å². The molecule has 0 amide bonds. The fourth-order valence-corrected chi connectivity index (χ4v) is 24.3. The summed E-state index contributed by atoms with van der Waals surface area (Å²) in [4.78, 5) is 140. The summed E-state index contributed by atoms with van der Waals surface area (Å²) in [5.41, 5.74) is 14.6. The van der Waals surface area contributed by atoms with Crippen LogP contribution in [0.1, 0.15) is 54.8 Å². The minimum atomic E-state index is -5.05. The third-order valence-electron chi connectivity index (χ3n) is 24.0. The number of methoxy groups -OCH3 is 1. The van der Waals surface area contributed by atoms with Crippen molar-refractivity contribution in [2.24, 2.45) is 0 Å². The zero-order valence-electron chi connectivity index (χ0n) is 71.0. The normalized spacial score (nSPS) is 38.8. The summed E-state index contributed by atoms with van der Waals surface area (Å²) < 4.78 is 212. The molecule has 138 heavy (non-hydrogen) atoms. The highest BCUT2D eigenvalue weighted by molar-refractivity contribution is 8.07. The number of hydrogen-bond acceptors (Lipinski definition) is 50. The Morgan fingerprint density at radius 3 is 1.20 bits per heavy atom. The van der Waals surface area contributed by atoms with Gasteiger partial charge in [-0.15, -0.1) is 0 Å². The lowest BCUT2D eigenvalue weighted by Gasteiger charge is -2.33. The minimum Gasteiger partial charge on any atom is -0.387 e. The van der Waals surface area contributed by atoms with Gasteiger partial charge in [-0.2, -0.15) is 0 Å². The predicted molar refractivity (Wildman–Crippen MR) is 458 cm³/mol. The molecule has 0 aliphatic carbocycles. The summed E-state index contributed by atoms with van der Waals surface area (Å²) in [6.45, 7) is -3.53. The van der Waals surface area contributed by atoms with Gasteiger partial charge < -0.3 is 131 Å². The molecule has 11 aliphatic heterocycles. The van der Waals surface area contributed by atoms with E-state index in [1.165, 1.54) is 80.6 Å². The largest absolute Gasteiger partial charge is 0.472 e. The van der Waals surface area contributed by atoms with E-state index in [0.717, 1.165) is 6.33 Å². The zero-order chi connectivity index (χ0) is 96.9. The van der Waals surface area contributed by atoms with Crippen molar-refractivity contribution < 1.29 is 149 Å². The number of rotatable bonds is 7. The molecule has 14 N–H and O–H groups in total. The Morgan fingerprint density at radius 1 is 0.420 bits per heavy atom. The van der Waals surface area contributed by atoms with Crippen molar-refractivity contribution in [2.45, 2.75) is 167 Å². The number of aliphatic hydroxyl groups is 2. The van der Waals surface area contributed by atoms with Gasteiger partial charge in [-0.25, -0.2) is 88.3 Å². The van der Waals surface area contributed by atoms with Gasteiger partial charge >= 0.3 is 22.4 Å². The fourth-order valence-electron chi connectivity index (χ4n) is 17.8. The highest BCUT2D eigenvalue weighted by Crippen LogP contribution is 2.62. The first-order valence-electron chi connectivity index (χ1n) is 41.0. The smallest absolute Gasteiger partial charge is 0.387 e. The molecule has 12 aromatic rings. The quantitative estimate of drug-likeness (QED) is 0.0622. The van der Waals surface area contributed by atoms with Crippen LogP contribution in [0.25, 0.3) is 67.0 Å². The second-order valence-corrected chi connectivity index (χ2v) is 43.1. The topological polar surface area (TPSA) is 780 Å². The number of aryl methyl sites for hydroxylation is 3. The van der Waals surface area contributed by atoms with E-state index in [4.69, 9.17) is 149 Å². The van der Waals surface area contributed by atoms with Crippen molar-refractivity contribution in [1.29, 1.82) is 0 Å². The summed E-state index contributed by atoms with van der Waals surface area (Å²) in [5, 5.41) is 22.4. The molecule has 12 aromatic heterocycles. The van der Waals surface area contributed by atoms with Gasteiger partial charge in [0.1, 0.15) is 156 Å². The van der Waals surface area contributed by atoms with Gasteiger partial charge in [0.2, 0.25) is 22.7 Å². The average molecular weight is 2060 g/mol. The first kappa shape index (κ1) is 95.2. The molecule has 23 rings (SSSR count). The standard InChI is InChI=1S/C22H25BFN9O11P2.C22H24BN9O12P2.C22H24BN9O11P2S/c1-8-30-19-13(20(34)31-8)29-7-33(19)22-16-15(38-2)10(42-22)4-40-46(36,37)44-14-9(3-39-45(23,35)43-16)41-21(11(14)24)32-6-28-12-17(25)26-5-27-18(12)32;1-8-29-18-11(19(34)30-8)28-7-32(18)20-13-12(33)9(41-20)2-39-46(36,37)44-15-14-21(31-6-27-10-16(24)25-5-26-17(10)31)42-22(15,3-38-14)4-40-45(23,35)43-13;1-8-29-18-11(19(34)30-8)28-7-32(18)20-13-12(33)9(40-20)2-38-45(36,46)43-15-14-21(31-6-27-10-16(24)25-5-26-17(10)31)41-22(15,3-37-14)4-39-44(23,35)42-13/h5-7,9-11,14-16,21-22H,3-4H2,1-2H3,(H,36,37)(H2,25,26,27)(H,30,31,34);5-7,9,12-15,20-21,33H,2-4H2,1H3,(H,36,37)(H2,24,25,26)(H,29,30,34);5-7,9,12-15,20-21,33H,2-4H2,1H3,(H,36,46)(H2,24,25,26)(H,29,30,34)/t9?,10?,11?,14?,15?,16?,21?,22?,45-;9?,12?,13?,14?,15?,20?,21?,22?,45-;9?,12?,13?,14?,15?,20?,21?,22?,44-,45?/m011/s1. The molecule has 72 heteroatoms. The first-order valence-corrected chi connectivity index (χ1v) is 51.4. The molecule has 23 heterocycles. The van der Waals surface area contributed by atoms with Gasteiger partial charge in [0, 0.05) is 7.11 Å². The van der Waals surface area contributed by atoms with E-state index < -0.39 is 247 Å². The van der Waals surface area contributed by atoms with Crippen LogP contribution in [-0.4, -0.2) is 334 Å². The Morgan fingerprint density at radius 2 is 0.768 bits per heavy atom. The number of fused-ring (bicyclic) bond motifs is 13. The second kappa shape index (κ2) is 35.2. The number of alkyl halides is 1. The van der Waals surface area contributed by atoms with E-state index >= 15 is 4.39 Å². The van der Waals surface area contributed by atoms with Crippen LogP contribution in [0, 0.1) is 20.8 Å². The Hall–Kier alpha value is -9.02. The van der Waals surface area contributed by atoms with Crippen LogP contribution in [-0.2, 0) is 132 Å². The molecular weight excluding hydrogens is 1980 g/mol. The maximum absolute atomic E-state index is 16.0. The number of imidazole rings is 6. The lowest BCUT2D eigenvalue weighted by Crippen LogP contribution is -2.46. The molecule has 11 fully saturated rings. The Balaban J connectivity index is 0.000000123. The number of phosphoric acid groups is 2. The number of anilines is 3.